The minimum absolute atomic E-state index is 0.0525. The zero-order valence-corrected chi connectivity index (χ0v) is 31.9. The highest BCUT2D eigenvalue weighted by Gasteiger charge is 2.31. The van der Waals surface area contributed by atoms with Gasteiger partial charge in [0.1, 0.15) is 23.0 Å². The normalized spacial score (nSPS) is 25.6. The highest BCUT2D eigenvalue weighted by molar-refractivity contribution is 5.84. The molecule has 0 aromatic heterocycles. The van der Waals surface area contributed by atoms with Crippen molar-refractivity contribution in [3.8, 4) is 0 Å². The summed E-state index contributed by atoms with van der Waals surface area (Å²) in [5.74, 6) is 1.47. The summed E-state index contributed by atoms with van der Waals surface area (Å²) in [6.45, 7) is 20.3. The molecule has 0 unspecified atom stereocenters. The average molecular weight is 696 g/mol. The molecule has 0 saturated carbocycles. The van der Waals surface area contributed by atoms with Gasteiger partial charge in [-0.05, 0) is 124 Å². The lowest BCUT2D eigenvalue weighted by Crippen LogP contribution is -2.45. The molecule has 0 aliphatic carbocycles. The first-order valence-electron chi connectivity index (χ1n) is 18.8. The lowest BCUT2D eigenvalue weighted by molar-refractivity contribution is -0.140. The van der Waals surface area contributed by atoms with Crippen LogP contribution >= 0.6 is 0 Å². The Hall–Kier alpha value is -2.44. The summed E-state index contributed by atoms with van der Waals surface area (Å²) in [5.41, 5.74) is 4.89. The van der Waals surface area contributed by atoms with Gasteiger partial charge in [0.05, 0.1) is 6.04 Å². The third kappa shape index (κ3) is 16.9. The SMILES string of the molecule is CC(C)(C)OC(=O)N1CCC(N)CC1.CC[C@@H]1CC[C@@H](C(=O)CC2CCN(C(=O)OC(C)(C)C)CC2)NC1.CC[C@@H]1CC[C@@H](C(=O)O)NC1. The maximum Gasteiger partial charge on any atom is 0.410 e. The Morgan fingerprint density at radius 2 is 1.06 bits per heavy atom. The predicted molar refractivity (Wildman–Crippen MR) is 192 cm³/mol. The molecular weight excluding hydrogens is 626 g/mol. The van der Waals surface area contributed by atoms with Crippen molar-refractivity contribution >= 4 is 23.9 Å². The number of nitrogens with two attached hydrogens (primary N) is 1. The summed E-state index contributed by atoms with van der Waals surface area (Å²) < 4.78 is 10.7. The number of carboxylic acids is 1. The van der Waals surface area contributed by atoms with E-state index in [4.69, 9.17) is 20.3 Å². The van der Waals surface area contributed by atoms with Crippen LogP contribution in [0, 0.1) is 17.8 Å². The van der Waals surface area contributed by atoms with Crippen LogP contribution in [0.2, 0.25) is 0 Å². The minimum Gasteiger partial charge on any atom is -0.480 e. The molecule has 4 atom stereocenters. The van der Waals surface area contributed by atoms with Crippen LogP contribution in [-0.4, -0.2) is 107 Å². The van der Waals surface area contributed by atoms with Crippen molar-refractivity contribution in [1.82, 2.24) is 20.4 Å². The molecule has 4 heterocycles. The third-order valence-electron chi connectivity index (χ3n) is 9.82. The molecule has 284 valence electrons. The molecule has 4 saturated heterocycles. The van der Waals surface area contributed by atoms with E-state index >= 15 is 0 Å². The smallest absolute Gasteiger partial charge is 0.410 e. The van der Waals surface area contributed by atoms with E-state index in [9.17, 15) is 19.2 Å². The number of piperidine rings is 4. The second kappa shape index (κ2) is 20.4. The summed E-state index contributed by atoms with van der Waals surface area (Å²) in [4.78, 5) is 50.1. The van der Waals surface area contributed by atoms with Crippen LogP contribution in [0.3, 0.4) is 0 Å². The number of ketones is 1. The molecule has 12 nitrogen and oxygen atoms in total. The van der Waals surface area contributed by atoms with Crippen LogP contribution in [0.4, 0.5) is 9.59 Å². The van der Waals surface area contributed by atoms with Crippen LogP contribution in [0.25, 0.3) is 0 Å². The molecule has 4 aliphatic heterocycles. The van der Waals surface area contributed by atoms with Gasteiger partial charge in [0.25, 0.3) is 0 Å². The van der Waals surface area contributed by atoms with Crippen molar-refractivity contribution in [3.63, 3.8) is 0 Å². The number of carbonyl (C=O) groups is 4. The zero-order valence-electron chi connectivity index (χ0n) is 31.9. The van der Waals surface area contributed by atoms with Gasteiger partial charge in [0.15, 0.2) is 0 Å². The van der Waals surface area contributed by atoms with Crippen molar-refractivity contribution < 1.29 is 33.8 Å². The number of aliphatic carboxylic acids is 1. The number of carbonyl (C=O) groups excluding carboxylic acids is 3. The molecule has 0 aromatic carbocycles. The maximum absolute atomic E-state index is 12.5. The molecule has 2 amide bonds. The number of ether oxygens (including phenoxy) is 2. The van der Waals surface area contributed by atoms with Crippen molar-refractivity contribution in [2.75, 3.05) is 39.3 Å². The zero-order chi connectivity index (χ0) is 36.8. The first-order valence-corrected chi connectivity index (χ1v) is 18.8. The number of nitrogens with one attached hydrogen (secondary N) is 2. The fourth-order valence-electron chi connectivity index (χ4n) is 6.49. The second-order valence-corrected chi connectivity index (χ2v) is 16.3. The Balaban J connectivity index is 0.000000282. The van der Waals surface area contributed by atoms with Gasteiger partial charge >= 0.3 is 18.2 Å². The quantitative estimate of drug-likeness (QED) is 0.277. The van der Waals surface area contributed by atoms with Crippen LogP contribution in [0.15, 0.2) is 0 Å². The lowest BCUT2D eigenvalue weighted by Gasteiger charge is -2.34. The van der Waals surface area contributed by atoms with Crippen molar-refractivity contribution in [1.29, 1.82) is 0 Å². The van der Waals surface area contributed by atoms with Gasteiger partial charge in [-0.25, -0.2) is 9.59 Å². The van der Waals surface area contributed by atoms with Gasteiger partial charge in [0, 0.05) is 38.6 Å². The van der Waals surface area contributed by atoms with Gasteiger partial charge < -0.3 is 40.7 Å². The van der Waals surface area contributed by atoms with Gasteiger partial charge in [-0.3, -0.25) is 9.59 Å². The molecular formula is C37H69N5O7. The second-order valence-electron chi connectivity index (χ2n) is 16.3. The van der Waals surface area contributed by atoms with Gasteiger partial charge in [-0.15, -0.1) is 0 Å². The van der Waals surface area contributed by atoms with Crippen LogP contribution in [0.1, 0.15) is 126 Å². The van der Waals surface area contributed by atoms with E-state index in [0.717, 1.165) is 89.9 Å². The molecule has 0 radical (unpaired) electrons. The van der Waals surface area contributed by atoms with Gasteiger partial charge in [-0.2, -0.15) is 0 Å². The fraction of sp³-hybridized carbons (Fsp3) is 0.892. The topological polar surface area (TPSA) is 164 Å². The maximum atomic E-state index is 12.5. The Kier molecular flexibility index (Phi) is 17.8. The van der Waals surface area contributed by atoms with Crippen LogP contribution in [-0.2, 0) is 19.1 Å². The monoisotopic (exact) mass is 696 g/mol. The van der Waals surface area contributed by atoms with E-state index in [-0.39, 0.29) is 30.3 Å². The van der Waals surface area contributed by atoms with Crippen LogP contribution < -0.4 is 16.4 Å². The van der Waals surface area contributed by atoms with E-state index in [1.54, 1.807) is 9.80 Å². The van der Waals surface area contributed by atoms with Gasteiger partial charge in [0.2, 0.25) is 0 Å². The molecule has 5 N–H and O–H groups in total. The standard InChI is InChI=1S/C19H34N2O3.C10H20N2O2.C8H15NO2/c1-5-14-6-7-16(20-13-14)17(22)12-15-8-10-21(11-9-15)18(23)24-19(2,3)4;1-10(2,3)14-9(13)12-6-4-8(11)5-7-12;1-2-6-3-4-7(8(10)11)9-5-6/h14-16,20H,5-13H2,1-4H3;8H,4-7,11H2,1-3H3;6-7,9H,2-5H2,1H3,(H,10,11)/t14-,16+;;6-,7+/m1.1/s1. The van der Waals surface area contributed by atoms with Crippen molar-refractivity contribution in [2.24, 2.45) is 23.5 Å². The molecule has 0 aromatic rings. The van der Waals surface area contributed by atoms with E-state index in [0.29, 0.717) is 37.1 Å². The largest absolute Gasteiger partial charge is 0.480 e. The first-order chi connectivity index (χ1) is 22.9. The highest BCUT2D eigenvalue weighted by atomic mass is 16.6. The molecule has 4 aliphatic rings. The molecule has 12 heteroatoms. The number of hydrogen-bond acceptors (Lipinski definition) is 9. The predicted octanol–water partition coefficient (Wildman–Crippen LogP) is 5.56. The van der Waals surface area contributed by atoms with E-state index in [2.05, 4.69) is 24.5 Å². The summed E-state index contributed by atoms with van der Waals surface area (Å²) in [6, 6.07) is 0.00294. The lowest BCUT2D eigenvalue weighted by atomic mass is 9.86. The number of rotatable bonds is 6. The van der Waals surface area contributed by atoms with E-state index in [1.165, 1.54) is 6.42 Å². The Morgan fingerprint density at radius 3 is 1.41 bits per heavy atom. The van der Waals surface area contributed by atoms with Crippen molar-refractivity contribution in [2.45, 2.75) is 155 Å². The number of nitrogens with zero attached hydrogens (tertiary/aromatic N) is 2. The molecule has 0 spiro atoms. The summed E-state index contributed by atoms with van der Waals surface area (Å²) in [6.07, 6.45) is 10.1. The summed E-state index contributed by atoms with van der Waals surface area (Å²) in [5, 5.41) is 15.1. The number of carboxylic acid groups (broad SMARTS) is 1. The van der Waals surface area contributed by atoms with Crippen molar-refractivity contribution in [3.05, 3.63) is 0 Å². The third-order valence-corrected chi connectivity index (χ3v) is 9.82. The van der Waals surface area contributed by atoms with E-state index < -0.39 is 17.2 Å². The fourth-order valence-corrected chi connectivity index (χ4v) is 6.49. The van der Waals surface area contributed by atoms with E-state index in [1.807, 2.05) is 41.5 Å². The average Bonchev–Trinajstić information content (AvgIpc) is 3.04. The van der Waals surface area contributed by atoms with Crippen LogP contribution in [0.5, 0.6) is 0 Å². The summed E-state index contributed by atoms with van der Waals surface area (Å²) >= 11 is 0. The Labute approximate surface area is 295 Å². The number of Topliss-reactive ketones (excluding diaryl/α,β-unsaturated/α-hetero) is 1. The van der Waals surface area contributed by atoms with Gasteiger partial charge in [-0.1, -0.05) is 26.7 Å². The first kappa shape index (κ1) is 42.7. The molecule has 49 heavy (non-hydrogen) atoms. The number of amides is 2. The molecule has 4 fully saturated rings. The molecule has 0 bridgehead atoms. The number of likely N-dealkylation sites (tertiary alicyclic amines) is 2. The Bertz CT molecular complexity index is 1010. The molecule has 4 rings (SSSR count). The number of hydrogen-bond donors (Lipinski definition) is 4. The Morgan fingerprint density at radius 1 is 0.653 bits per heavy atom. The highest BCUT2D eigenvalue weighted by Crippen LogP contribution is 2.25. The summed E-state index contributed by atoms with van der Waals surface area (Å²) in [7, 11) is 0. The minimum atomic E-state index is -0.709.